The van der Waals surface area contributed by atoms with Gasteiger partial charge < -0.3 is 5.11 Å². The van der Waals surface area contributed by atoms with Gasteiger partial charge in [-0.1, -0.05) is 6.07 Å². The van der Waals surface area contributed by atoms with Gasteiger partial charge in [0.25, 0.3) is 0 Å². The molecule has 0 bridgehead atoms. The van der Waals surface area contributed by atoms with Gasteiger partial charge in [0.05, 0.1) is 0 Å². The second-order valence-corrected chi connectivity index (χ2v) is 5.76. The van der Waals surface area contributed by atoms with Gasteiger partial charge in [0.15, 0.2) is 11.6 Å². The molecule has 3 nitrogen and oxygen atoms in total. The van der Waals surface area contributed by atoms with E-state index in [9.17, 15) is 13.6 Å². The monoisotopic (exact) mass is 297 g/mol. The van der Waals surface area contributed by atoms with Crippen molar-refractivity contribution >= 4 is 5.97 Å². The molecule has 1 aromatic rings. The van der Waals surface area contributed by atoms with E-state index in [2.05, 4.69) is 4.90 Å². The third-order valence-electron chi connectivity index (χ3n) is 4.39. The summed E-state index contributed by atoms with van der Waals surface area (Å²) in [6.45, 7) is 3.72. The van der Waals surface area contributed by atoms with Crippen LogP contribution >= 0.6 is 0 Å². The van der Waals surface area contributed by atoms with E-state index in [1.807, 2.05) is 6.92 Å². The van der Waals surface area contributed by atoms with Crippen molar-refractivity contribution in [2.75, 3.05) is 13.1 Å². The van der Waals surface area contributed by atoms with Crippen LogP contribution in [0.5, 0.6) is 0 Å². The molecule has 1 aromatic carbocycles. The summed E-state index contributed by atoms with van der Waals surface area (Å²) in [5.74, 6) is -1.92. The van der Waals surface area contributed by atoms with Crippen LogP contribution in [0.1, 0.15) is 44.2 Å². The molecule has 0 aromatic heterocycles. The number of rotatable bonds is 5. The van der Waals surface area contributed by atoms with Crippen molar-refractivity contribution in [3.63, 3.8) is 0 Å². The number of hydrogen-bond acceptors (Lipinski definition) is 2. The van der Waals surface area contributed by atoms with E-state index < -0.39 is 17.6 Å². The van der Waals surface area contributed by atoms with E-state index in [-0.39, 0.29) is 12.5 Å². The average Bonchev–Trinajstić information content (AvgIpc) is 2.48. The molecular weight excluding hydrogens is 276 g/mol. The Balaban J connectivity index is 1.89. The van der Waals surface area contributed by atoms with Crippen molar-refractivity contribution in [2.45, 2.75) is 38.6 Å². The van der Waals surface area contributed by atoms with Crippen LogP contribution in [0.25, 0.3) is 0 Å². The van der Waals surface area contributed by atoms with Crippen molar-refractivity contribution in [3.05, 3.63) is 35.4 Å². The van der Waals surface area contributed by atoms with E-state index >= 15 is 0 Å². The third kappa shape index (κ3) is 4.24. The lowest BCUT2D eigenvalue weighted by molar-refractivity contribution is -0.137. The zero-order chi connectivity index (χ0) is 15.4. The predicted octanol–water partition coefficient (Wildman–Crippen LogP) is 3.60. The number of carbonyl (C=O) groups is 1. The maximum absolute atomic E-state index is 13.3. The van der Waals surface area contributed by atoms with Crippen LogP contribution in [-0.2, 0) is 4.79 Å². The molecule has 1 aliphatic heterocycles. The van der Waals surface area contributed by atoms with Gasteiger partial charge >= 0.3 is 5.97 Å². The smallest absolute Gasteiger partial charge is 0.303 e. The molecule has 0 radical (unpaired) electrons. The molecule has 1 fully saturated rings. The number of carboxylic acid groups (broad SMARTS) is 1. The highest BCUT2D eigenvalue weighted by molar-refractivity contribution is 5.66. The Morgan fingerprint density at radius 1 is 1.33 bits per heavy atom. The minimum atomic E-state index is -0.821. The van der Waals surface area contributed by atoms with Gasteiger partial charge in [-0.2, -0.15) is 0 Å². The standard InChI is InChI=1S/C16H21F2NO2/c1-11(13-3-4-14(17)15(18)10-13)19-8-6-12(7-9-19)2-5-16(20)21/h3-4,10-12H,2,5-9H2,1H3,(H,20,21). The molecule has 5 heteroatoms. The van der Waals surface area contributed by atoms with Crippen LogP contribution in [0.4, 0.5) is 8.78 Å². The lowest BCUT2D eigenvalue weighted by Gasteiger charge is -2.36. The Hall–Kier alpha value is -1.49. The zero-order valence-electron chi connectivity index (χ0n) is 12.2. The highest BCUT2D eigenvalue weighted by atomic mass is 19.2. The van der Waals surface area contributed by atoms with E-state index in [1.165, 1.54) is 12.1 Å². The summed E-state index contributed by atoms with van der Waals surface area (Å²) in [4.78, 5) is 12.8. The fourth-order valence-corrected chi connectivity index (χ4v) is 2.94. The van der Waals surface area contributed by atoms with Crippen LogP contribution in [0.2, 0.25) is 0 Å². The van der Waals surface area contributed by atoms with Crippen molar-refractivity contribution in [1.82, 2.24) is 4.90 Å². The first-order valence-corrected chi connectivity index (χ1v) is 7.38. The SMILES string of the molecule is CC(c1ccc(F)c(F)c1)N1CCC(CCC(=O)O)CC1. The molecule has 1 N–H and O–H groups in total. The average molecular weight is 297 g/mol. The van der Waals surface area contributed by atoms with E-state index in [1.54, 1.807) is 6.07 Å². The molecule has 21 heavy (non-hydrogen) atoms. The summed E-state index contributed by atoms with van der Waals surface area (Å²) in [5, 5.41) is 8.70. The Morgan fingerprint density at radius 2 is 2.00 bits per heavy atom. The minimum Gasteiger partial charge on any atom is -0.481 e. The lowest BCUT2D eigenvalue weighted by atomic mass is 9.91. The van der Waals surface area contributed by atoms with Crippen LogP contribution < -0.4 is 0 Å². The van der Waals surface area contributed by atoms with Gasteiger partial charge in [-0.3, -0.25) is 9.69 Å². The fourth-order valence-electron chi connectivity index (χ4n) is 2.94. The Bertz CT molecular complexity index is 499. The predicted molar refractivity (Wildman–Crippen MR) is 75.9 cm³/mol. The molecule has 0 amide bonds. The lowest BCUT2D eigenvalue weighted by Crippen LogP contribution is -2.35. The summed E-state index contributed by atoms with van der Waals surface area (Å²) in [7, 11) is 0. The summed E-state index contributed by atoms with van der Waals surface area (Å²) in [6, 6.07) is 4.09. The summed E-state index contributed by atoms with van der Waals surface area (Å²) >= 11 is 0. The van der Waals surface area contributed by atoms with Crippen LogP contribution in [0, 0.1) is 17.6 Å². The van der Waals surface area contributed by atoms with Gasteiger partial charge in [0.2, 0.25) is 0 Å². The van der Waals surface area contributed by atoms with Gasteiger partial charge in [0, 0.05) is 12.5 Å². The summed E-state index contributed by atoms with van der Waals surface area (Å²) in [5.41, 5.74) is 0.776. The normalized spacial score (nSPS) is 18.6. The van der Waals surface area contributed by atoms with E-state index in [0.29, 0.717) is 5.92 Å². The quantitative estimate of drug-likeness (QED) is 0.902. The number of nitrogens with zero attached hydrogens (tertiary/aromatic N) is 1. The molecule has 0 spiro atoms. The molecule has 1 atom stereocenters. The molecular formula is C16H21F2NO2. The van der Waals surface area contributed by atoms with Crippen molar-refractivity contribution < 1.29 is 18.7 Å². The highest BCUT2D eigenvalue weighted by Crippen LogP contribution is 2.29. The van der Waals surface area contributed by atoms with Crippen molar-refractivity contribution in [1.29, 1.82) is 0 Å². The number of likely N-dealkylation sites (tertiary alicyclic amines) is 1. The van der Waals surface area contributed by atoms with Crippen molar-refractivity contribution in [2.24, 2.45) is 5.92 Å². The zero-order valence-corrected chi connectivity index (χ0v) is 12.2. The number of hydrogen-bond donors (Lipinski definition) is 1. The fraction of sp³-hybridized carbons (Fsp3) is 0.562. The Labute approximate surface area is 123 Å². The van der Waals surface area contributed by atoms with Gasteiger partial charge in [-0.05, 0) is 62.9 Å². The maximum Gasteiger partial charge on any atom is 0.303 e. The molecule has 2 rings (SSSR count). The second kappa shape index (κ2) is 6.98. The number of carboxylic acids is 1. The van der Waals surface area contributed by atoms with Crippen LogP contribution in [0.15, 0.2) is 18.2 Å². The first kappa shape index (κ1) is 15.9. The molecule has 1 saturated heterocycles. The first-order valence-electron chi connectivity index (χ1n) is 7.38. The minimum absolute atomic E-state index is 0.0422. The van der Waals surface area contributed by atoms with Crippen molar-refractivity contribution in [3.8, 4) is 0 Å². The number of benzene rings is 1. The molecule has 1 heterocycles. The maximum atomic E-state index is 13.3. The van der Waals surface area contributed by atoms with Gasteiger partial charge in [0.1, 0.15) is 0 Å². The molecule has 1 aliphatic rings. The highest BCUT2D eigenvalue weighted by Gasteiger charge is 2.24. The molecule has 0 saturated carbocycles. The Kier molecular flexibility index (Phi) is 5.28. The summed E-state index contributed by atoms with van der Waals surface area (Å²) < 4.78 is 26.3. The molecule has 1 unspecified atom stereocenters. The van der Waals surface area contributed by atoms with E-state index in [4.69, 9.17) is 5.11 Å². The third-order valence-corrected chi connectivity index (χ3v) is 4.39. The number of halogens is 2. The Morgan fingerprint density at radius 3 is 2.57 bits per heavy atom. The van der Waals surface area contributed by atoms with Crippen LogP contribution in [-0.4, -0.2) is 29.1 Å². The first-order chi connectivity index (χ1) is 9.97. The molecule has 0 aliphatic carbocycles. The molecule has 116 valence electrons. The topological polar surface area (TPSA) is 40.5 Å². The number of piperidine rings is 1. The second-order valence-electron chi connectivity index (χ2n) is 5.76. The van der Waals surface area contributed by atoms with Gasteiger partial charge in [-0.15, -0.1) is 0 Å². The van der Waals surface area contributed by atoms with Gasteiger partial charge in [-0.25, -0.2) is 8.78 Å². The number of aliphatic carboxylic acids is 1. The van der Waals surface area contributed by atoms with Crippen LogP contribution in [0.3, 0.4) is 0 Å². The van der Waals surface area contributed by atoms with E-state index in [0.717, 1.165) is 37.9 Å². The largest absolute Gasteiger partial charge is 0.481 e. The summed E-state index contributed by atoms with van der Waals surface area (Å²) in [6.07, 6.45) is 2.87.